The van der Waals surface area contributed by atoms with Crippen molar-refractivity contribution in [2.45, 2.75) is 52.1 Å². The van der Waals surface area contributed by atoms with Crippen LogP contribution in [-0.2, 0) is 11.3 Å². The number of aromatic nitrogens is 2. The van der Waals surface area contributed by atoms with Gasteiger partial charge in [-0.15, -0.1) is 0 Å². The van der Waals surface area contributed by atoms with Crippen LogP contribution in [0.4, 0.5) is 0 Å². The van der Waals surface area contributed by atoms with E-state index in [1.54, 1.807) is 18.5 Å². The number of nitrogens with zero attached hydrogens (tertiary/aromatic N) is 2. The van der Waals surface area contributed by atoms with E-state index in [4.69, 9.17) is 9.84 Å². The number of ether oxygens (including phenoxy) is 1. The molecular formula is C20H26N2O3. The zero-order valence-corrected chi connectivity index (χ0v) is 15.1. The third-order valence-electron chi connectivity index (χ3n) is 4.16. The zero-order chi connectivity index (χ0) is 18.2. The van der Waals surface area contributed by atoms with E-state index in [9.17, 15) is 4.79 Å². The summed E-state index contributed by atoms with van der Waals surface area (Å²) in [6.07, 6.45) is 4.92. The molecule has 0 aliphatic carbocycles. The summed E-state index contributed by atoms with van der Waals surface area (Å²) in [5, 5.41) is 9.04. The number of carbonyl (C=O) groups excluding carboxylic acids is 1. The standard InChI is InChI=1S/C20H26N2O3/c1-14(2)18-9-7-17(12-22-18)20(24)25-10-4-5-15(3)19-8-6-16(13-23)11-21-19/h6-9,11-12,14-15,23H,4-5,10,13H2,1-3H3. The van der Waals surface area contributed by atoms with Crippen LogP contribution in [0.2, 0.25) is 0 Å². The molecule has 1 N–H and O–H groups in total. The van der Waals surface area contributed by atoms with E-state index in [1.807, 2.05) is 18.2 Å². The second-order valence-corrected chi connectivity index (χ2v) is 6.56. The number of hydrogen-bond donors (Lipinski definition) is 1. The lowest BCUT2D eigenvalue weighted by atomic mass is 10.0. The van der Waals surface area contributed by atoms with Gasteiger partial charge < -0.3 is 9.84 Å². The van der Waals surface area contributed by atoms with Crippen molar-refractivity contribution in [3.63, 3.8) is 0 Å². The van der Waals surface area contributed by atoms with Crippen LogP contribution in [-0.4, -0.2) is 27.7 Å². The Hall–Kier alpha value is -2.27. The Morgan fingerprint density at radius 3 is 2.36 bits per heavy atom. The topological polar surface area (TPSA) is 72.3 Å². The van der Waals surface area contributed by atoms with Crippen molar-refractivity contribution in [2.75, 3.05) is 6.61 Å². The molecule has 2 rings (SSSR count). The van der Waals surface area contributed by atoms with Crippen LogP contribution in [0.1, 0.15) is 72.8 Å². The van der Waals surface area contributed by atoms with Gasteiger partial charge in [0.05, 0.1) is 18.8 Å². The van der Waals surface area contributed by atoms with Crippen LogP contribution in [0, 0.1) is 0 Å². The predicted molar refractivity (Wildman–Crippen MR) is 96.4 cm³/mol. The van der Waals surface area contributed by atoms with Crippen LogP contribution in [0.15, 0.2) is 36.7 Å². The molecule has 0 saturated heterocycles. The summed E-state index contributed by atoms with van der Waals surface area (Å²) in [5.41, 5.74) is 3.24. The third kappa shape index (κ3) is 5.64. The van der Waals surface area contributed by atoms with E-state index < -0.39 is 0 Å². The highest BCUT2D eigenvalue weighted by Gasteiger charge is 2.11. The second-order valence-electron chi connectivity index (χ2n) is 6.56. The van der Waals surface area contributed by atoms with Crippen LogP contribution >= 0.6 is 0 Å². The summed E-state index contributed by atoms with van der Waals surface area (Å²) in [6, 6.07) is 7.45. The normalized spacial score (nSPS) is 12.2. The maximum atomic E-state index is 12.0. The highest BCUT2D eigenvalue weighted by atomic mass is 16.5. The number of esters is 1. The highest BCUT2D eigenvalue weighted by molar-refractivity contribution is 5.88. The maximum Gasteiger partial charge on any atom is 0.339 e. The smallest absolute Gasteiger partial charge is 0.339 e. The van der Waals surface area contributed by atoms with E-state index in [1.165, 1.54) is 0 Å². The molecule has 0 amide bonds. The van der Waals surface area contributed by atoms with Gasteiger partial charge in [0.15, 0.2) is 0 Å². The fourth-order valence-electron chi connectivity index (χ4n) is 2.47. The first kappa shape index (κ1) is 19.1. The van der Waals surface area contributed by atoms with Crippen molar-refractivity contribution in [1.82, 2.24) is 9.97 Å². The van der Waals surface area contributed by atoms with Gasteiger partial charge in [0.2, 0.25) is 0 Å². The summed E-state index contributed by atoms with van der Waals surface area (Å²) in [6.45, 7) is 6.60. The quantitative estimate of drug-likeness (QED) is 0.583. The number of carbonyl (C=O) groups is 1. The summed E-state index contributed by atoms with van der Waals surface area (Å²) in [5.74, 6) is 0.283. The van der Waals surface area contributed by atoms with E-state index in [0.29, 0.717) is 18.1 Å². The first-order chi connectivity index (χ1) is 12.0. The van der Waals surface area contributed by atoms with Crippen molar-refractivity contribution >= 4 is 5.97 Å². The Bertz CT molecular complexity index is 666. The van der Waals surface area contributed by atoms with Gasteiger partial charge in [-0.3, -0.25) is 9.97 Å². The minimum Gasteiger partial charge on any atom is -0.462 e. The molecule has 0 saturated carbocycles. The first-order valence-electron chi connectivity index (χ1n) is 8.70. The van der Waals surface area contributed by atoms with Crippen molar-refractivity contribution in [2.24, 2.45) is 0 Å². The molecule has 5 heteroatoms. The monoisotopic (exact) mass is 342 g/mol. The average Bonchev–Trinajstić information content (AvgIpc) is 2.65. The number of rotatable bonds is 8. The molecule has 2 aromatic rings. The van der Waals surface area contributed by atoms with Gasteiger partial charge in [0, 0.05) is 23.8 Å². The molecule has 5 nitrogen and oxygen atoms in total. The molecule has 25 heavy (non-hydrogen) atoms. The van der Waals surface area contributed by atoms with Gasteiger partial charge >= 0.3 is 5.97 Å². The van der Waals surface area contributed by atoms with Crippen LogP contribution in [0.3, 0.4) is 0 Å². The SMILES string of the molecule is CC(C)c1ccc(C(=O)OCCCC(C)c2ccc(CO)cn2)cn1. The maximum absolute atomic E-state index is 12.0. The molecule has 0 aliphatic rings. The van der Waals surface area contributed by atoms with Crippen molar-refractivity contribution in [3.8, 4) is 0 Å². The molecule has 0 fully saturated rings. The molecule has 134 valence electrons. The van der Waals surface area contributed by atoms with Gasteiger partial charge in [-0.1, -0.05) is 26.8 Å². The largest absolute Gasteiger partial charge is 0.462 e. The molecule has 0 aliphatic heterocycles. The van der Waals surface area contributed by atoms with E-state index in [0.717, 1.165) is 29.8 Å². The van der Waals surface area contributed by atoms with Crippen LogP contribution in [0.25, 0.3) is 0 Å². The summed E-state index contributed by atoms with van der Waals surface area (Å²) in [4.78, 5) is 20.7. The van der Waals surface area contributed by atoms with Crippen LogP contribution in [0.5, 0.6) is 0 Å². The number of aliphatic hydroxyl groups excluding tert-OH is 1. The zero-order valence-electron chi connectivity index (χ0n) is 15.1. The van der Waals surface area contributed by atoms with Gasteiger partial charge in [0.1, 0.15) is 0 Å². The molecular weight excluding hydrogens is 316 g/mol. The highest BCUT2D eigenvalue weighted by Crippen LogP contribution is 2.19. The molecule has 1 atom stereocenters. The summed E-state index contributed by atoms with van der Waals surface area (Å²) in [7, 11) is 0. The van der Waals surface area contributed by atoms with Crippen molar-refractivity contribution in [1.29, 1.82) is 0 Å². The lowest BCUT2D eigenvalue weighted by molar-refractivity contribution is 0.0496. The Morgan fingerprint density at radius 1 is 1.08 bits per heavy atom. The first-order valence-corrected chi connectivity index (χ1v) is 8.70. The van der Waals surface area contributed by atoms with E-state index in [-0.39, 0.29) is 18.5 Å². The Morgan fingerprint density at radius 2 is 1.80 bits per heavy atom. The molecule has 1 unspecified atom stereocenters. The summed E-state index contributed by atoms with van der Waals surface area (Å²) < 4.78 is 5.32. The molecule has 0 aromatic carbocycles. The summed E-state index contributed by atoms with van der Waals surface area (Å²) >= 11 is 0. The molecule has 0 spiro atoms. The van der Waals surface area contributed by atoms with Crippen molar-refractivity contribution in [3.05, 3.63) is 59.2 Å². The second kappa shape index (κ2) is 9.28. The molecule has 0 bridgehead atoms. The van der Waals surface area contributed by atoms with Crippen LogP contribution < -0.4 is 0 Å². The van der Waals surface area contributed by atoms with Gasteiger partial charge in [0.25, 0.3) is 0 Å². The van der Waals surface area contributed by atoms with Gasteiger partial charge in [-0.05, 0) is 48.4 Å². The minimum absolute atomic E-state index is 0.00458. The number of aliphatic hydroxyl groups is 1. The Kier molecular flexibility index (Phi) is 7.07. The lowest BCUT2D eigenvalue weighted by Crippen LogP contribution is -2.08. The molecule has 0 radical (unpaired) electrons. The third-order valence-corrected chi connectivity index (χ3v) is 4.16. The predicted octanol–water partition coefficient (Wildman–Crippen LogP) is 3.83. The van der Waals surface area contributed by atoms with Gasteiger partial charge in [-0.25, -0.2) is 4.79 Å². The number of pyridine rings is 2. The number of hydrogen-bond acceptors (Lipinski definition) is 5. The fourth-order valence-corrected chi connectivity index (χ4v) is 2.47. The van der Waals surface area contributed by atoms with E-state index >= 15 is 0 Å². The fraction of sp³-hybridized carbons (Fsp3) is 0.450. The molecule has 2 heterocycles. The average molecular weight is 342 g/mol. The lowest BCUT2D eigenvalue weighted by Gasteiger charge is -2.11. The molecule has 2 aromatic heterocycles. The Balaban J connectivity index is 1.75. The Labute approximate surface area is 149 Å². The van der Waals surface area contributed by atoms with Crippen molar-refractivity contribution < 1.29 is 14.6 Å². The van der Waals surface area contributed by atoms with E-state index in [2.05, 4.69) is 30.7 Å². The van der Waals surface area contributed by atoms with Gasteiger partial charge in [-0.2, -0.15) is 0 Å². The minimum atomic E-state index is -0.333.